The van der Waals surface area contributed by atoms with E-state index in [4.69, 9.17) is 9.47 Å². The summed E-state index contributed by atoms with van der Waals surface area (Å²) in [4.78, 5) is 0. The lowest BCUT2D eigenvalue weighted by Crippen LogP contribution is -2.42. The highest BCUT2D eigenvalue weighted by Crippen LogP contribution is 2.19. The van der Waals surface area contributed by atoms with E-state index in [-0.39, 0.29) is 13.2 Å². The van der Waals surface area contributed by atoms with Crippen LogP contribution in [0.3, 0.4) is 0 Å². The molecule has 1 saturated heterocycles. The van der Waals surface area contributed by atoms with E-state index in [1.807, 2.05) is 0 Å². The third-order valence-electron chi connectivity index (χ3n) is 3.72. The van der Waals surface area contributed by atoms with Gasteiger partial charge in [-0.15, -0.1) is 0 Å². The van der Waals surface area contributed by atoms with E-state index in [2.05, 4.69) is 19.1 Å². The van der Waals surface area contributed by atoms with Crippen molar-refractivity contribution in [1.82, 2.24) is 0 Å². The van der Waals surface area contributed by atoms with E-state index < -0.39 is 24.4 Å². The number of allylic oxidation sites excluding steroid dienone is 2. The summed E-state index contributed by atoms with van der Waals surface area (Å²) >= 11 is 0. The fourth-order valence-corrected chi connectivity index (χ4v) is 2.36. The number of rotatable bonds is 11. The van der Waals surface area contributed by atoms with Crippen LogP contribution in [0.2, 0.25) is 0 Å². The molecule has 1 aliphatic rings. The summed E-state index contributed by atoms with van der Waals surface area (Å²) in [6.45, 7) is 2.59. The van der Waals surface area contributed by atoms with Crippen LogP contribution < -0.4 is 0 Å². The van der Waals surface area contributed by atoms with Gasteiger partial charge in [0.1, 0.15) is 24.4 Å². The lowest BCUT2D eigenvalue weighted by Gasteiger charge is -2.24. The molecule has 0 amide bonds. The maximum Gasteiger partial charge on any atom is 0.114 e. The van der Waals surface area contributed by atoms with E-state index in [0.717, 1.165) is 25.7 Å². The normalized spacial score (nSPS) is 27.5. The summed E-state index contributed by atoms with van der Waals surface area (Å²) in [7, 11) is 0. The van der Waals surface area contributed by atoms with Crippen molar-refractivity contribution in [3.05, 3.63) is 12.2 Å². The van der Waals surface area contributed by atoms with Crippen molar-refractivity contribution >= 4 is 0 Å². The first-order valence-corrected chi connectivity index (χ1v) is 8.05. The van der Waals surface area contributed by atoms with Crippen molar-refractivity contribution in [2.45, 2.75) is 69.9 Å². The molecule has 0 aromatic heterocycles. The fraction of sp³-hybridized carbons (Fsp3) is 0.875. The third kappa shape index (κ3) is 6.89. The minimum absolute atomic E-state index is 0.0915. The molecule has 21 heavy (non-hydrogen) atoms. The maximum atomic E-state index is 9.73. The largest absolute Gasteiger partial charge is 0.394 e. The van der Waals surface area contributed by atoms with E-state index in [9.17, 15) is 15.3 Å². The Hall–Kier alpha value is -0.460. The van der Waals surface area contributed by atoms with Crippen LogP contribution in [-0.2, 0) is 9.47 Å². The second kappa shape index (κ2) is 11.2. The van der Waals surface area contributed by atoms with Gasteiger partial charge in [0.05, 0.1) is 13.2 Å². The second-order valence-corrected chi connectivity index (χ2v) is 5.56. The van der Waals surface area contributed by atoms with Gasteiger partial charge >= 0.3 is 0 Å². The van der Waals surface area contributed by atoms with Crippen LogP contribution >= 0.6 is 0 Å². The zero-order valence-corrected chi connectivity index (χ0v) is 13.0. The molecule has 1 aliphatic heterocycles. The Balaban J connectivity index is 2.09. The predicted molar refractivity (Wildman–Crippen MR) is 81.1 cm³/mol. The minimum Gasteiger partial charge on any atom is -0.394 e. The van der Waals surface area contributed by atoms with Gasteiger partial charge in [-0.25, -0.2) is 0 Å². The lowest BCUT2D eigenvalue weighted by molar-refractivity contribution is -0.101. The molecule has 3 N–H and O–H groups in total. The molecule has 0 radical (unpaired) electrons. The Morgan fingerprint density at radius 3 is 2.48 bits per heavy atom. The Morgan fingerprint density at radius 1 is 1.19 bits per heavy atom. The van der Waals surface area contributed by atoms with Crippen molar-refractivity contribution in [2.75, 3.05) is 19.8 Å². The van der Waals surface area contributed by atoms with Crippen LogP contribution in [0.4, 0.5) is 0 Å². The Kier molecular flexibility index (Phi) is 9.87. The smallest absolute Gasteiger partial charge is 0.114 e. The van der Waals surface area contributed by atoms with Crippen molar-refractivity contribution in [3.8, 4) is 0 Å². The van der Waals surface area contributed by atoms with E-state index in [0.29, 0.717) is 6.61 Å². The van der Waals surface area contributed by atoms with Gasteiger partial charge in [0.25, 0.3) is 0 Å². The van der Waals surface area contributed by atoms with E-state index in [1.165, 1.54) is 12.8 Å². The SMILES string of the molecule is CCCC/C=C/CCCCO[C@H](CO)[C@@H]1OC[C@H](O)[C@@H]1O. The molecule has 5 heteroatoms. The lowest BCUT2D eigenvalue weighted by atomic mass is 10.1. The maximum absolute atomic E-state index is 9.73. The molecular formula is C16H30O5. The van der Waals surface area contributed by atoms with Gasteiger partial charge in [0.2, 0.25) is 0 Å². The molecule has 0 aliphatic carbocycles. The summed E-state index contributed by atoms with van der Waals surface area (Å²) in [5.41, 5.74) is 0. The van der Waals surface area contributed by atoms with Gasteiger partial charge in [-0.2, -0.15) is 0 Å². The van der Waals surface area contributed by atoms with Crippen LogP contribution in [-0.4, -0.2) is 59.6 Å². The zero-order chi connectivity index (χ0) is 15.5. The molecular weight excluding hydrogens is 272 g/mol. The topological polar surface area (TPSA) is 79.2 Å². The zero-order valence-electron chi connectivity index (χ0n) is 13.0. The van der Waals surface area contributed by atoms with E-state index >= 15 is 0 Å². The van der Waals surface area contributed by atoms with Crippen molar-refractivity contribution < 1.29 is 24.8 Å². The monoisotopic (exact) mass is 302 g/mol. The first kappa shape index (κ1) is 18.6. The second-order valence-electron chi connectivity index (χ2n) is 5.56. The molecule has 4 atom stereocenters. The van der Waals surface area contributed by atoms with Crippen LogP contribution in [0, 0.1) is 0 Å². The Bertz CT molecular complexity index is 282. The number of aliphatic hydroxyl groups excluding tert-OH is 3. The van der Waals surface area contributed by atoms with Crippen molar-refractivity contribution in [2.24, 2.45) is 0 Å². The molecule has 1 fully saturated rings. The van der Waals surface area contributed by atoms with Gasteiger partial charge in [-0.1, -0.05) is 31.9 Å². The van der Waals surface area contributed by atoms with Crippen LogP contribution in [0.25, 0.3) is 0 Å². The van der Waals surface area contributed by atoms with Crippen LogP contribution in [0.5, 0.6) is 0 Å². The number of hydrogen-bond donors (Lipinski definition) is 3. The summed E-state index contributed by atoms with van der Waals surface area (Å²) in [6, 6.07) is 0. The summed E-state index contributed by atoms with van der Waals surface area (Å²) in [5.74, 6) is 0. The Morgan fingerprint density at radius 2 is 1.90 bits per heavy atom. The molecule has 1 rings (SSSR count). The molecule has 124 valence electrons. The van der Waals surface area contributed by atoms with Gasteiger partial charge in [-0.3, -0.25) is 0 Å². The average molecular weight is 302 g/mol. The molecule has 0 aromatic rings. The first-order chi connectivity index (χ1) is 10.2. The number of unbranched alkanes of at least 4 members (excludes halogenated alkanes) is 4. The molecule has 5 nitrogen and oxygen atoms in total. The van der Waals surface area contributed by atoms with Crippen LogP contribution in [0.15, 0.2) is 12.2 Å². The number of ether oxygens (including phenoxy) is 2. The third-order valence-corrected chi connectivity index (χ3v) is 3.72. The fourth-order valence-electron chi connectivity index (χ4n) is 2.36. The van der Waals surface area contributed by atoms with Gasteiger partial charge in [-0.05, 0) is 25.7 Å². The molecule has 1 heterocycles. The van der Waals surface area contributed by atoms with Gasteiger partial charge < -0.3 is 24.8 Å². The quantitative estimate of drug-likeness (QED) is 0.397. The molecule has 0 saturated carbocycles. The Labute approximate surface area is 127 Å². The standard InChI is InChI=1S/C16H30O5/c1-2-3-4-5-6-7-8-9-10-20-14(11-17)16-15(19)13(18)12-21-16/h5-6,13-19H,2-4,7-12H2,1H3/b6-5+/t13-,14+,15-,16-/m0/s1. The van der Waals surface area contributed by atoms with Crippen LogP contribution in [0.1, 0.15) is 45.4 Å². The van der Waals surface area contributed by atoms with Crippen molar-refractivity contribution in [3.63, 3.8) is 0 Å². The highest BCUT2D eigenvalue weighted by atomic mass is 16.6. The van der Waals surface area contributed by atoms with E-state index in [1.54, 1.807) is 0 Å². The van der Waals surface area contributed by atoms with Crippen molar-refractivity contribution in [1.29, 1.82) is 0 Å². The highest BCUT2D eigenvalue weighted by Gasteiger charge is 2.40. The number of aliphatic hydroxyl groups is 3. The molecule has 0 bridgehead atoms. The molecule has 0 aromatic carbocycles. The van der Waals surface area contributed by atoms with Gasteiger partial charge in [0, 0.05) is 6.61 Å². The predicted octanol–water partition coefficient (Wildman–Crippen LogP) is 1.40. The minimum atomic E-state index is -0.983. The number of hydrogen-bond acceptors (Lipinski definition) is 5. The average Bonchev–Trinajstić information content (AvgIpc) is 2.82. The summed E-state index contributed by atoms with van der Waals surface area (Å²) in [5, 5.41) is 28.5. The molecule has 0 unspecified atom stereocenters. The molecule has 0 spiro atoms. The highest BCUT2D eigenvalue weighted by molar-refractivity contribution is 4.88. The van der Waals surface area contributed by atoms with Gasteiger partial charge in [0.15, 0.2) is 0 Å². The summed E-state index contributed by atoms with van der Waals surface area (Å²) in [6.07, 6.45) is 7.96. The first-order valence-electron chi connectivity index (χ1n) is 8.05. The summed E-state index contributed by atoms with van der Waals surface area (Å²) < 4.78 is 10.8.